The van der Waals surface area contributed by atoms with E-state index in [-0.39, 0.29) is 5.69 Å². The lowest BCUT2D eigenvalue weighted by atomic mass is 10.4. The smallest absolute Gasteiger partial charge is 0.343 e. The van der Waals surface area contributed by atoms with E-state index < -0.39 is 0 Å². The summed E-state index contributed by atoms with van der Waals surface area (Å²) < 4.78 is 1.62. The minimum absolute atomic E-state index is 0.187. The molecule has 0 aliphatic carbocycles. The Labute approximate surface area is 128 Å². The number of anilines is 1. The van der Waals surface area contributed by atoms with Gasteiger partial charge in [0.2, 0.25) is 0 Å². The molecule has 21 heavy (non-hydrogen) atoms. The van der Waals surface area contributed by atoms with E-state index in [2.05, 4.69) is 20.2 Å². The second-order valence-corrected chi connectivity index (χ2v) is 6.25. The number of nitrogens with one attached hydrogen (secondary N) is 1. The largest absolute Gasteiger partial charge is 0.383 e. The SMILES string of the molecule is CCCn1c(SCc2nc(N)c3ccsc3n2)n[nH]c1=O. The van der Waals surface area contributed by atoms with E-state index in [1.807, 2.05) is 18.4 Å². The van der Waals surface area contributed by atoms with Crippen molar-refractivity contribution in [3.8, 4) is 0 Å². The van der Waals surface area contributed by atoms with Gasteiger partial charge in [0.1, 0.15) is 16.5 Å². The molecule has 0 amide bonds. The highest BCUT2D eigenvalue weighted by molar-refractivity contribution is 7.98. The van der Waals surface area contributed by atoms with Crippen LogP contribution in [0.5, 0.6) is 0 Å². The predicted octanol–water partition coefficient (Wildman–Crippen LogP) is 1.86. The first-order chi connectivity index (χ1) is 10.2. The number of thiophene rings is 1. The van der Waals surface area contributed by atoms with E-state index >= 15 is 0 Å². The highest BCUT2D eigenvalue weighted by atomic mass is 32.2. The topological polar surface area (TPSA) is 102 Å². The van der Waals surface area contributed by atoms with E-state index in [0.717, 1.165) is 16.6 Å². The van der Waals surface area contributed by atoms with Gasteiger partial charge in [-0.25, -0.2) is 19.9 Å². The van der Waals surface area contributed by atoms with Crippen LogP contribution in [0, 0.1) is 0 Å². The maximum atomic E-state index is 11.6. The van der Waals surface area contributed by atoms with Crippen molar-refractivity contribution in [1.29, 1.82) is 0 Å². The van der Waals surface area contributed by atoms with Gasteiger partial charge >= 0.3 is 5.69 Å². The Balaban J connectivity index is 1.81. The number of nitrogen functional groups attached to an aromatic ring is 1. The van der Waals surface area contributed by atoms with Crippen LogP contribution in [-0.2, 0) is 12.3 Å². The standard InChI is InChI=1S/C12H14N6OS2/c1-2-4-18-11(19)16-17-12(18)21-6-8-14-9(13)7-3-5-20-10(7)15-8/h3,5H,2,4,6H2,1H3,(H,16,19)(H2,13,14,15). The molecule has 0 saturated heterocycles. The van der Waals surface area contributed by atoms with Crippen LogP contribution in [0.25, 0.3) is 10.2 Å². The van der Waals surface area contributed by atoms with E-state index in [0.29, 0.717) is 29.1 Å². The first-order valence-electron chi connectivity index (χ1n) is 6.46. The number of hydrogen-bond donors (Lipinski definition) is 2. The van der Waals surface area contributed by atoms with Crippen LogP contribution in [-0.4, -0.2) is 24.7 Å². The summed E-state index contributed by atoms with van der Waals surface area (Å²) >= 11 is 2.96. The first-order valence-corrected chi connectivity index (χ1v) is 8.33. The molecule has 0 atom stereocenters. The fourth-order valence-corrected chi connectivity index (χ4v) is 3.57. The van der Waals surface area contributed by atoms with Gasteiger partial charge in [-0.05, 0) is 17.9 Å². The molecule has 3 N–H and O–H groups in total. The Kier molecular flexibility index (Phi) is 3.93. The number of nitrogens with two attached hydrogens (primary N) is 1. The third-order valence-electron chi connectivity index (χ3n) is 2.90. The lowest BCUT2D eigenvalue weighted by Gasteiger charge is -2.04. The zero-order chi connectivity index (χ0) is 14.8. The van der Waals surface area contributed by atoms with E-state index in [4.69, 9.17) is 5.73 Å². The Morgan fingerprint density at radius 2 is 2.33 bits per heavy atom. The molecular weight excluding hydrogens is 308 g/mol. The lowest BCUT2D eigenvalue weighted by Crippen LogP contribution is -2.17. The van der Waals surface area contributed by atoms with Crippen molar-refractivity contribution in [3.63, 3.8) is 0 Å². The molecule has 110 valence electrons. The molecule has 0 aliphatic heterocycles. The van der Waals surface area contributed by atoms with Gasteiger partial charge in [-0.1, -0.05) is 18.7 Å². The molecule has 0 unspecified atom stereocenters. The number of rotatable bonds is 5. The fourth-order valence-electron chi connectivity index (χ4n) is 1.95. The van der Waals surface area contributed by atoms with Gasteiger partial charge in [0.25, 0.3) is 0 Å². The summed E-state index contributed by atoms with van der Waals surface area (Å²) in [7, 11) is 0. The van der Waals surface area contributed by atoms with Crippen molar-refractivity contribution in [2.24, 2.45) is 0 Å². The zero-order valence-corrected chi connectivity index (χ0v) is 13.0. The maximum Gasteiger partial charge on any atom is 0.343 e. The minimum Gasteiger partial charge on any atom is -0.383 e. The average molecular weight is 322 g/mol. The number of hydrogen-bond acceptors (Lipinski definition) is 7. The molecule has 7 nitrogen and oxygen atoms in total. The molecule has 3 heterocycles. The summed E-state index contributed by atoms with van der Waals surface area (Å²) in [5.74, 6) is 1.65. The summed E-state index contributed by atoms with van der Waals surface area (Å²) in [5, 5.41) is 9.97. The maximum absolute atomic E-state index is 11.6. The number of thioether (sulfide) groups is 1. The van der Waals surface area contributed by atoms with Crippen LogP contribution in [0.4, 0.5) is 5.82 Å². The van der Waals surface area contributed by atoms with Gasteiger partial charge in [0.15, 0.2) is 5.16 Å². The molecule has 0 fully saturated rings. The highest BCUT2D eigenvalue weighted by Gasteiger charge is 2.11. The van der Waals surface area contributed by atoms with Gasteiger partial charge in [-0.15, -0.1) is 16.4 Å². The van der Waals surface area contributed by atoms with Crippen LogP contribution in [0.2, 0.25) is 0 Å². The molecule has 9 heteroatoms. The summed E-state index contributed by atoms with van der Waals surface area (Å²) in [6, 6.07) is 1.92. The Hall–Kier alpha value is -1.87. The molecule has 0 spiro atoms. The van der Waals surface area contributed by atoms with Gasteiger partial charge < -0.3 is 5.73 Å². The average Bonchev–Trinajstić information content (AvgIpc) is 3.06. The first kappa shape index (κ1) is 14.1. The molecule has 0 aromatic carbocycles. The van der Waals surface area contributed by atoms with Crippen molar-refractivity contribution in [2.75, 3.05) is 5.73 Å². The van der Waals surface area contributed by atoms with Gasteiger partial charge in [-0.2, -0.15) is 0 Å². The predicted molar refractivity (Wildman–Crippen MR) is 84.5 cm³/mol. The molecule has 0 saturated carbocycles. The second kappa shape index (κ2) is 5.86. The number of aromatic nitrogens is 5. The number of aromatic amines is 1. The fraction of sp³-hybridized carbons (Fsp3) is 0.333. The van der Waals surface area contributed by atoms with Gasteiger partial charge in [0.05, 0.1) is 11.1 Å². The lowest BCUT2D eigenvalue weighted by molar-refractivity contribution is 0.603. The Morgan fingerprint density at radius 1 is 1.48 bits per heavy atom. The van der Waals surface area contributed by atoms with Crippen LogP contribution < -0.4 is 11.4 Å². The molecule has 3 rings (SSSR count). The Bertz CT molecular complexity index is 821. The summed E-state index contributed by atoms with van der Waals surface area (Å²) in [5.41, 5.74) is 5.73. The molecule has 0 bridgehead atoms. The van der Waals surface area contributed by atoms with Crippen LogP contribution in [0.1, 0.15) is 19.2 Å². The zero-order valence-electron chi connectivity index (χ0n) is 11.4. The highest BCUT2D eigenvalue weighted by Crippen LogP contribution is 2.25. The molecular formula is C12H14N6OS2. The van der Waals surface area contributed by atoms with Gasteiger partial charge in [0, 0.05) is 6.54 Å². The van der Waals surface area contributed by atoms with Gasteiger partial charge in [-0.3, -0.25) is 4.57 Å². The normalized spacial score (nSPS) is 11.3. The summed E-state index contributed by atoms with van der Waals surface area (Å²) in [4.78, 5) is 21.3. The van der Waals surface area contributed by atoms with E-state index in [1.54, 1.807) is 4.57 Å². The van der Waals surface area contributed by atoms with Crippen LogP contribution in [0.15, 0.2) is 21.4 Å². The van der Waals surface area contributed by atoms with Crippen molar-refractivity contribution >= 4 is 39.1 Å². The third-order valence-corrected chi connectivity index (χ3v) is 4.68. The van der Waals surface area contributed by atoms with Crippen molar-refractivity contribution in [3.05, 3.63) is 27.8 Å². The molecule has 0 radical (unpaired) electrons. The van der Waals surface area contributed by atoms with Crippen LogP contribution in [0.3, 0.4) is 0 Å². The summed E-state index contributed by atoms with van der Waals surface area (Å²) in [6.07, 6.45) is 0.873. The quantitative estimate of drug-likeness (QED) is 0.695. The molecule has 0 aliphatic rings. The number of H-pyrrole nitrogens is 1. The monoisotopic (exact) mass is 322 g/mol. The Morgan fingerprint density at radius 3 is 3.14 bits per heavy atom. The minimum atomic E-state index is -0.187. The second-order valence-electron chi connectivity index (χ2n) is 4.42. The number of fused-ring (bicyclic) bond motifs is 1. The van der Waals surface area contributed by atoms with Crippen LogP contribution >= 0.6 is 23.1 Å². The van der Waals surface area contributed by atoms with Crippen molar-refractivity contribution in [1.82, 2.24) is 24.7 Å². The molecule has 3 aromatic heterocycles. The molecule has 3 aromatic rings. The van der Waals surface area contributed by atoms with Crippen molar-refractivity contribution in [2.45, 2.75) is 30.8 Å². The van der Waals surface area contributed by atoms with Crippen molar-refractivity contribution < 1.29 is 0 Å². The summed E-state index contributed by atoms with van der Waals surface area (Å²) in [6.45, 7) is 2.66. The van der Waals surface area contributed by atoms with E-state index in [9.17, 15) is 4.79 Å². The van der Waals surface area contributed by atoms with E-state index in [1.165, 1.54) is 23.1 Å². The number of nitrogens with zero attached hydrogens (tertiary/aromatic N) is 4. The third kappa shape index (κ3) is 2.79.